The summed E-state index contributed by atoms with van der Waals surface area (Å²) in [6.45, 7) is 2.11. The Bertz CT molecular complexity index is 1370. The number of para-hydroxylation sites is 1. The van der Waals surface area contributed by atoms with Crippen molar-refractivity contribution >= 4 is 58.2 Å². The number of methoxy groups -OCH3 is 1. The summed E-state index contributed by atoms with van der Waals surface area (Å²) in [4.78, 5) is 39.9. The Balaban J connectivity index is 1.64. The number of amides is 2. The molecule has 9 heteroatoms. The van der Waals surface area contributed by atoms with Crippen molar-refractivity contribution in [1.82, 2.24) is 4.90 Å². The first kappa shape index (κ1) is 24.9. The molecule has 0 spiro atoms. The van der Waals surface area contributed by atoms with Gasteiger partial charge in [0.1, 0.15) is 0 Å². The van der Waals surface area contributed by atoms with E-state index in [0.29, 0.717) is 10.6 Å². The molecule has 0 saturated carbocycles. The van der Waals surface area contributed by atoms with Crippen molar-refractivity contribution in [3.8, 4) is 11.5 Å². The summed E-state index contributed by atoms with van der Waals surface area (Å²) in [5, 5.41) is 0.138. The lowest BCUT2D eigenvalue weighted by Crippen LogP contribution is -2.27. The molecule has 4 rings (SSSR count). The lowest BCUT2D eigenvalue weighted by Gasteiger charge is -2.14. The van der Waals surface area contributed by atoms with Crippen molar-refractivity contribution in [2.24, 2.45) is 0 Å². The molecule has 1 fully saturated rings. The molecule has 0 unspecified atom stereocenters. The highest BCUT2D eigenvalue weighted by Gasteiger charge is 2.35. The van der Waals surface area contributed by atoms with Crippen LogP contribution in [0.3, 0.4) is 0 Å². The number of imide groups is 1. The van der Waals surface area contributed by atoms with Gasteiger partial charge in [0, 0.05) is 10.6 Å². The van der Waals surface area contributed by atoms with E-state index >= 15 is 0 Å². The van der Waals surface area contributed by atoms with Crippen LogP contribution in [-0.4, -0.2) is 29.1 Å². The normalized spacial score (nSPS) is 14.5. The van der Waals surface area contributed by atoms with E-state index in [0.717, 1.165) is 22.9 Å². The maximum absolute atomic E-state index is 13.0. The van der Waals surface area contributed by atoms with Crippen molar-refractivity contribution in [3.63, 3.8) is 0 Å². The second-order valence-electron chi connectivity index (χ2n) is 7.65. The van der Waals surface area contributed by atoms with Crippen LogP contribution in [0.2, 0.25) is 10.0 Å². The summed E-state index contributed by atoms with van der Waals surface area (Å²) in [6.07, 6.45) is 1.51. The summed E-state index contributed by atoms with van der Waals surface area (Å²) in [6, 6.07) is 17.0. The molecular weight excluding hydrogens is 509 g/mol. The maximum Gasteiger partial charge on any atom is 0.345 e. The number of carbonyl (C=O) groups excluding carboxylic acids is 3. The predicted octanol–water partition coefficient (Wildman–Crippen LogP) is 6.77. The molecule has 0 radical (unpaired) electrons. The lowest BCUT2D eigenvalue weighted by atomic mass is 10.1. The fraction of sp³-hybridized carbons (Fsp3) is 0.115. The molecule has 0 bridgehead atoms. The van der Waals surface area contributed by atoms with Crippen LogP contribution in [-0.2, 0) is 11.3 Å². The number of carbonyl (C=O) groups is 3. The third kappa shape index (κ3) is 5.53. The van der Waals surface area contributed by atoms with Crippen LogP contribution >= 0.6 is 35.0 Å². The number of benzene rings is 3. The SMILES string of the molecule is COc1cccc(/C=C2\SC(=O)N(Cc3cccc(C)c3)C2=O)c1OC(=O)c1ccc(Cl)cc1Cl. The first-order valence-electron chi connectivity index (χ1n) is 10.4. The van der Waals surface area contributed by atoms with E-state index in [1.165, 1.54) is 36.3 Å². The van der Waals surface area contributed by atoms with Gasteiger partial charge < -0.3 is 9.47 Å². The van der Waals surface area contributed by atoms with Crippen LogP contribution in [0, 0.1) is 6.92 Å². The molecule has 1 aliphatic rings. The average molecular weight is 528 g/mol. The first-order chi connectivity index (χ1) is 16.8. The minimum atomic E-state index is -0.724. The van der Waals surface area contributed by atoms with Gasteiger partial charge in [-0.2, -0.15) is 0 Å². The molecule has 0 atom stereocenters. The van der Waals surface area contributed by atoms with Gasteiger partial charge in [-0.1, -0.05) is 65.2 Å². The summed E-state index contributed by atoms with van der Waals surface area (Å²) in [5.41, 5.74) is 2.40. The highest BCUT2D eigenvalue weighted by atomic mass is 35.5. The Labute approximate surface area is 216 Å². The van der Waals surface area contributed by atoms with Gasteiger partial charge in [-0.05, 0) is 54.6 Å². The van der Waals surface area contributed by atoms with E-state index < -0.39 is 11.9 Å². The molecule has 0 N–H and O–H groups in total. The van der Waals surface area contributed by atoms with Gasteiger partial charge >= 0.3 is 5.97 Å². The minimum absolute atomic E-state index is 0.0940. The number of nitrogens with zero attached hydrogens (tertiary/aromatic N) is 1. The molecule has 1 aliphatic heterocycles. The molecule has 178 valence electrons. The van der Waals surface area contributed by atoms with Gasteiger partial charge in [0.05, 0.1) is 29.1 Å². The summed E-state index contributed by atoms with van der Waals surface area (Å²) >= 11 is 12.9. The lowest BCUT2D eigenvalue weighted by molar-refractivity contribution is -0.123. The molecular formula is C26H19Cl2NO5S. The smallest absolute Gasteiger partial charge is 0.345 e. The largest absolute Gasteiger partial charge is 0.493 e. The number of rotatable bonds is 6. The van der Waals surface area contributed by atoms with E-state index in [9.17, 15) is 14.4 Å². The van der Waals surface area contributed by atoms with Crippen LogP contribution < -0.4 is 9.47 Å². The number of hydrogen-bond donors (Lipinski definition) is 0. The Morgan fingerprint density at radius 2 is 1.83 bits per heavy atom. The van der Waals surface area contributed by atoms with Crippen LogP contribution in [0.15, 0.2) is 65.6 Å². The zero-order valence-corrected chi connectivity index (χ0v) is 21.0. The second-order valence-corrected chi connectivity index (χ2v) is 9.49. The highest BCUT2D eigenvalue weighted by Crippen LogP contribution is 2.38. The minimum Gasteiger partial charge on any atom is -0.493 e. The van der Waals surface area contributed by atoms with Crippen molar-refractivity contribution in [2.75, 3.05) is 7.11 Å². The summed E-state index contributed by atoms with van der Waals surface area (Å²) < 4.78 is 11.0. The van der Waals surface area contributed by atoms with Gasteiger partial charge in [0.2, 0.25) is 0 Å². The molecule has 6 nitrogen and oxygen atoms in total. The average Bonchev–Trinajstić information content (AvgIpc) is 3.07. The first-order valence-corrected chi connectivity index (χ1v) is 12.0. The van der Waals surface area contributed by atoms with Crippen molar-refractivity contribution < 1.29 is 23.9 Å². The van der Waals surface area contributed by atoms with Gasteiger partial charge in [-0.15, -0.1) is 0 Å². The third-order valence-electron chi connectivity index (χ3n) is 5.16. The molecule has 2 amide bonds. The van der Waals surface area contributed by atoms with Crippen LogP contribution in [0.4, 0.5) is 4.79 Å². The van der Waals surface area contributed by atoms with Crippen LogP contribution in [0.5, 0.6) is 11.5 Å². The zero-order valence-electron chi connectivity index (χ0n) is 18.7. The number of hydrogen-bond acceptors (Lipinski definition) is 6. The number of thioether (sulfide) groups is 1. The number of ether oxygens (including phenoxy) is 2. The van der Waals surface area contributed by atoms with Crippen molar-refractivity contribution in [1.29, 1.82) is 0 Å². The summed E-state index contributed by atoms with van der Waals surface area (Å²) in [5.74, 6) is -0.784. The predicted molar refractivity (Wildman–Crippen MR) is 137 cm³/mol. The van der Waals surface area contributed by atoms with E-state index in [1.54, 1.807) is 18.2 Å². The van der Waals surface area contributed by atoms with Crippen LogP contribution in [0.1, 0.15) is 27.0 Å². The fourth-order valence-corrected chi connectivity index (χ4v) is 4.80. The van der Waals surface area contributed by atoms with Gasteiger partial charge in [0.15, 0.2) is 11.5 Å². The maximum atomic E-state index is 13.0. The molecule has 0 aromatic heterocycles. The Kier molecular flexibility index (Phi) is 7.50. The van der Waals surface area contributed by atoms with Crippen LogP contribution in [0.25, 0.3) is 6.08 Å². The van der Waals surface area contributed by atoms with E-state index in [1.807, 2.05) is 31.2 Å². The Morgan fingerprint density at radius 1 is 1.06 bits per heavy atom. The van der Waals surface area contributed by atoms with Gasteiger partial charge in [0.25, 0.3) is 11.1 Å². The second kappa shape index (κ2) is 10.6. The van der Waals surface area contributed by atoms with Gasteiger partial charge in [-0.25, -0.2) is 4.79 Å². The van der Waals surface area contributed by atoms with E-state index in [4.69, 9.17) is 32.7 Å². The molecule has 35 heavy (non-hydrogen) atoms. The number of aryl methyl sites for hydroxylation is 1. The number of esters is 1. The van der Waals surface area contributed by atoms with Crippen molar-refractivity contribution in [3.05, 3.63) is 97.9 Å². The standard InChI is InChI=1S/C26H19Cl2NO5S/c1-15-5-3-6-16(11-15)14-29-24(30)22(35-26(29)32)12-17-7-4-8-21(33-2)23(17)34-25(31)19-10-9-18(27)13-20(19)28/h3-13H,14H2,1-2H3/b22-12-. The van der Waals surface area contributed by atoms with Gasteiger partial charge in [-0.3, -0.25) is 14.5 Å². The van der Waals surface area contributed by atoms with Crippen molar-refractivity contribution in [2.45, 2.75) is 13.5 Å². The Hall–Kier alpha value is -3.26. The zero-order chi connectivity index (χ0) is 25.1. The molecule has 1 heterocycles. The third-order valence-corrected chi connectivity index (χ3v) is 6.61. The molecule has 1 saturated heterocycles. The summed E-state index contributed by atoms with van der Waals surface area (Å²) in [7, 11) is 1.43. The molecule has 3 aromatic carbocycles. The molecule has 3 aromatic rings. The van der Waals surface area contributed by atoms with E-state index in [-0.39, 0.29) is 38.8 Å². The van der Waals surface area contributed by atoms with E-state index in [2.05, 4.69) is 0 Å². The number of halogens is 2. The quantitative estimate of drug-likeness (QED) is 0.200. The fourth-order valence-electron chi connectivity index (χ4n) is 3.49. The Morgan fingerprint density at radius 3 is 2.54 bits per heavy atom. The highest BCUT2D eigenvalue weighted by molar-refractivity contribution is 8.18. The molecule has 0 aliphatic carbocycles. The monoisotopic (exact) mass is 527 g/mol. The topological polar surface area (TPSA) is 72.9 Å².